The molecule has 0 aliphatic carbocycles. The predicted octanol–water partition coefficient (Wildman–Crippen LogP) is 0.843. The zero-order valence-corrected chi connectivity index (χ0v) is 10.1. The molecule has 3 N–H and O–H groups in total. The lowest BCUT2D eigenvalue weighted by atomic mass is 9.95. The van der Waals surface area contributed by atoms with E-state index in [1.165, 1.54) is 6.42 Å². The Morgan fingerprint density at radius 2 is 2.41 bits per heavy atom. The standard InChI is InChI=1S/C11H14N4OS/c12-10(17)7-3-4-13-15-11(7)14-8-5-6-1-2-9(8)16-6/h3-4,6,8-9H,1-2,5H2,(H2,12,17)(H,14,15). The Balaban J connectivity index is 1.79. The maximum Gasteiger partial charge on any atom is 0.159 e. The van der Waals surface area contributed by atoms with Crippen molar-refractivity contribution in [3.05, 3.63) is 17.8 Å². The molecule has 0 amide bonds. The largest absolute Gasteiger partial charge is 0.389 e. The zero-order valence-electron chi connectivity index (χ0n) is 9.30. The molecule has 90 valence electrons. The molecular weight excluding hydrogens is 236 g/mol. The molecule has 3 heterocycles. The summed E-state index contributed by atoms with van der Waals surface area (Å²) in [6.45, 7) is 0. The number of nitrogens with zero attached hydrogens (tertiary/aromatic N) is 2. The molecule has 2 bridgehead atoms. The van der Waals surface area contributed by atoms with Gasteiger partial charge in [-0.3, -0.25) is 0 Å². The molecule has 3 unspecified atom stereocenters. The van der Waals surface area contributed by atoms with E-state index in [0.29, 0.717) is 29.1 Å². The number of hydrogen-bond acceptors (Lipinski definition) is 5. The van der Waals surface area contributed by atoms with Crippen LogP contribution < -0.4 is 11.1 Å². The van der Waals surface area contributed by atoms with Crippen molar-refractivity contribution >= 4 is 23.0 Å². The van der Waals surface area contributed by atoms with Gasteiger partial charge in [0, 0.05) is 0 Å². The van der Waals surface area contributed by atoms with Crippen LogP contribution in [-0.2, 0) is 4.74 Å². The number of rotatable bonds is 3. The zero-order chi connectivity index (χ0) is 11.8. The van der Waals surface area contributed by atoms with Crippen LogP contribution >= 0.6 is 12.2 Å². The second-order valence-electron chi connectivity index (χ2n) is 4.52. The summed E-state index contributed by atoms with van der Waals surface area (Å²) in [5.74, 6) is 0.668. The second kappa shape index (κ2) is 4.19. The summed E-state index contributed by atoms with van der Waals surface area (Å²) in [6, 6.07) is 2.09. The Bertz CT molecular complexity index is 453. The van der Waals surface area contributed by atoms with Crippen molar-refractivity contribution in [3.8, 4) is 0 Å². The van der Waals surface area contributed by atoms with Crippen molar-refractivity contribution < 1.29 is 4.74 Å². The van der Waals surface area contributed by atoms with Gasteiger partial charge in [0.05, 0.1) is 30.0 Å². The van der Waals surface area contributed by atoms with Crippen LogP contribution in [0.1, 0.15) is 24.8 Å². The van der Waals surface area contributed by atoms with Crippen LogP contribution in [0, 0.1) is 0 Å². The minimum Gasteiger partial charge on any atom is -0.389 e. The molecule has 2 saturated heterocycles. The molecule has 17 heavy (non-hydrogen) atoms. The van der Waals surface area contributed by atoms with E-state index >= 15 is 0 Å². The first-order valence-electron chi connectivity index (χ1n) is 5.77. The SMILES string of the molecule is NC(=S)c1ccnnc1NC1CC2CCC1O2. The smallest absolute Gasteiger partial charge is 0.159 e. The van der Waals surface area contributed by atoms with Crippen molar-refractivity contribution in [1.29, 1.82) is 0 Å². The summed E-state index contributed by atoms with van der Waals surface area (Å²) in [4.78, 5) is 0.339. The van der Waals surface area contributed by atoms with Gasteiger partial charge < -0.3 is 15.8 Å². The van der Waals surface area contributed by atoms with E-state index in [9.17, 15) is 0 Å². The summed E-state index contributed by atoms with van der Waals surface area (Å²) < 4.78 is 5.78. The first-order valence-corrected chi connectivity index (χ1v) is 6.18. The van der Waals surface area contributed by atoms with E-state index in [4.69, 9.17) is 22.7 Å². The van der Waals surface area contributed by atoms with Gasteiger partial charge >= 0.3 is 0 Å². The van der Waals surface area contributed by atoms with Crippen LogP contribution in [0.25, 0.3) is 0 Å². The molecule has 0 spiro atoms. The van der Waals surface area contributed by atoms with E-state index in [1.54, 1.807) is 12.3 Å². The fourth-order valence-corrected chi connectivity index (χ4v) is 2.77. The number of fused-ring (bicyclic) bond motifs is 2. The van der Waals surface area contributed by atoms with E-state index in [-0.39, 0.29) is 0 Å². The van der Waals surface area contributed by atoms with Gasteiger partial charge in [0.15, 0.2) is 5.82 Å². The van der Waals surface area contributed by atoms with Gasteiger partial charge in [-0.25, -0.2) is 0 Å². The van der Waals surface area contributed by atoms with Crippen LogP contribution in [-0.4, -0.2) is 33.4 Å². The minimum absolute atomic E-state index is 0.293. The highest BCUT2D eigenvalue weighted by Gasteiger charge is 2.41. The van der Waals surface area contributed by atoms with Gasteiger partial charge in [-0.15, -0.1) is 5.10 Å². The molecule has 1 aromatic heterocycles. The number of anilines is 1. The van der Waals surface area contributed by atoms with Crippen LogP contribution in [0.5, 0.6) is 0 Å². The van der Waals surface area contributed by atoms with Crippen LogP contribution in [0.15, 0.2) is 12.3 Å². The number of ether oxygens (including phenoxy) is 1. The predicted molar refractivity (Wildman–Crippen MR) is 67.8 cm³/mol. The van der Waals surface area contributed by atoms with E-state index in [1.807, 2.05) is 0 Å². The molecule has 2 aliphatic rings. The average Bonchev–Trinajstić information content (AvgIpc) is 2.91. The van der Waals surface area contributed by atoms with E-state index in [2.05, 4.69) is 15.5 Å². The molecule has 2 aliphatic heterocycles. The number of hydrogen-bond donors (Lipinski definition) is 2. The molecule has 5 nitrogen and oxygen atoms in total. The summed E-state index contributed by atoms with van der Waals surface area (Å²) in [7, 11) is 0. The number of nitrogens with one attached hydrogen (secondary N) is 1. The van der Waals surface area contributed by atoms with Gasteiger partial charge in [-0.1, -0.05) is 12.2 Å². The first kappa shape index (κ1) is 10.9. The first-order chi connectivity index (χ1) is 8.24. The highest BCUT2D eigenvalue weighted by atomic mass is 32.1. The van der Waals surface area contributed by atoms with E-state index < -0.39 is 0 Å². The average molecular weight is 250 g/mol. The van der Waals surface area contributed by atoms with Gasteiger partial charge in [0.2, 0.25) is 0 Å². The quantitative estimate of drug-likeness (QED) is 0.775. The lowest BCUT2D eigenvalue weighted by Gasteiger charge is -2.21. The van der Waals surface area contributed by atoms with Gasteiger partial charge in [-0.05, 0) is 25.3 Å². The van der Waals surface area contributed by atoms with Crippen LogP contribution in [0.3, 0.4) is 0 Å². The van der Waals surface area contributed by atoms with Crippen molar-refractivity contribution in [2.75, 3.05) is 5.32 Å². The summed E-state index contributed by atoms with van der Waals surface area (Å²) >= 11 is 5.00. The minimum atomic E-state index is 0.293. The molecule has 3 atom stereocenters. The maximum absolute atomic E-state index is 5.78. The summed E-state index contributed by atoms with van der Waals surface area (Å²) in [6.07, 6.45) is 5.61. The molecule has 3 rings (SSSR count). The molecular formula is C11H14N4OS. The highest BCUT2D eigenvalue weighted by molar-refractivity contribution is 7.80. The Hall–Kier alpha value is -1.27. The fraction of sp³-hybridized carbons (Fsp3) is 0.545. The van der Waals surface area contributed by atoms with E-state index in [0.717, 1.165) is 18.4 Å². The third-order valence-corrected chi connectivity index (χ3v) is 3.63. The summed E-state index contributed by atoms with van der Waals surface area (Å²) in [5, 5.41) is 11.3. The van der Waals surface area contributed by atoms with Crippen LogP contribution in [0.2, 0.25) is 0 Å². The third-order valence-electron chi connectivity index (χ3n) is 3.41. The highest BCUT2D eigenvalue weighted by Crippen LogP contribution is 2.35. The Morgan fingerprint density at radius 3 is 3.06 bits per heavy atom. The molecule has 6 heteroatoms. The van der Waals surface area contributed by atoms with Gasteiger partial charge in [-0.2, -0.15) is 5.10 Å². The Kier molecular flexibility index (Phi) is 2.68. The molecule has 2 fully saturated rings. The molecule has 0 saturated carbocycles. The monoisotopic (exact) mass is 250 g/mol. The number of thiocarbonyl (C=S) groups is 1. The van der Waals surface area contributed by atoms with Crippen LogP contribution in [0.4, 0.5) is 5.82 Å². The van der Waals surface area contributed by atoms with Gasteiger partial charge in [0.25, 0.3) is 0 Å². The number of aromatic nitrogens is 2. The second-order valence-corrected chi connectivity index (χ2v) is 4.96. The summed E-state index contributed by atoms with van der Waals surface area (Å²) in [5.41, 5.74) is 6.41. The number of nitrogens with two attached hydrogens (primary N) is 1. The molecule has 0 radical (unpaired) electrons. The lowest BCUT2D eigenvalue weighted by Crippen LogP contribution is -2.32. The topological polar surface area (TPSA) is 73.1 Å². The van der Waals surface area contributed by atoms with Crippen molar-refractivity contribution in [2.45, 2.75) is 37.5 Å². The lowest BCUT2D eigenvalue weighted by molar-refractivity contribution is 0.102. The van der Waals surface area contributed by atoms with Crippen molar-refractivity contribution in [3.63, 3.8) is 0 Å². The van der Waals surface area contributed by atoms with Crippen molar-refractivity contribution in [2.24, 2.45) is 5.73 Å². The van der Waals surface area contributed by atoms with Gasteiger partial charge in [0.1, 0.15) is 4.99 Å². The molecule has 1 aromatic rings. The van der Waals surface area contributed by atoms with Crippen molar-refractivity contribution in [1.82, 2.24) is 10.2 Å². The normalized spacial score (nSPS) is 30.5. The third kappa shape index (κ3) is 1.98. The molecule has 0 aromatic carbocycles. The fourth-order valence-electron chi connectivity index (χ4n) is 2.60. The Morgan fingerprint density at radius 1 is 1.53 bits per heavy atom. The maximum atomic E-state index is 5.78. The Labute approximate surface area is 105 Å².